The molecule has 4 heterocycles. The van der Waals surface area contributed by atoms with Crippen molar-refractivity contribution in [3.8, 4) is 11.4 Å². The van der Waals surface area contributed by atoms with E-state index in [0.717, 1.165) is 42.0 Å². The van der Waals surface area contributed by atoms with E-state index in [4.69, 9.17) is 9.26 Å². The smallest absolute Gasteiger partial charge is 0.254 e. The quantitative estimate of drug-likeness (QED) is 0.913. The number of fused-ring (bicyclic) bond motifs is 1. The summed E-state index contributed by atoms with van der Waals surface area (Å²) in [6, 6.07) is 1.86. The number of hydrogen-bond donors (Lipinski definition) is 1. The van der Waals surface area contributed by atoms with E-state index in [1.807, 2.05) is 24.8 Å². The highest BCUT2D eigenvalue weighted by molar-refractivity contribution is 5.85. The van der Waals surface area contributed by atoms with Crippen molar-refractivity contribution < 1.29 is 14.1 Å². The van der Waals surface area contributed by atoms with Crippen LogP contribution in [-0.4, -0.2) is 44.9 Å². The summed E-state index contributed by atoms with van der Waals surface area (Å²) >= 11 is 0. The number of amides is 1. The van der Waals surface area contributed by atoms with Crippen molar-refractivity contribution in [1.82, 2.24) is 20.3 Å². The van der Waals surface area contributed by atoms with Crippen LogP contribution in [-0.2, 0) is 22.5 Å². The van der Waals surface area contributed by atoms with Crippen LogP contribution in [0.25, 0.3) is 11.4 Å². The van der Waals surface area contributed by atoms with Crippen LogP contribution in [0.15, 0.2) is 10.6 Å². The summed E-state index contributed by atoms with van der Waals surface area (Å²) in [6.45, 7) is 5.63. The third-order valence-electron chi connectivity index (χ3n) is 4.76. The van der Waals surface area contributed by atoms with E-state index in [9.17, 15) is 4.79 Å². The van der Waals surface area contributed by atoms with Gasteiger partial charge >= 0.3 is 0 Å². The first kappa shape index (κ1) is 14.4. The molecule has 1 atom stereocenters. The van der Waals surface area contributed by atoms with Gasteiger partial charge in [-0.3, -0.25) is 9.89 Å². The van der Waals surface area contributed by atoms with E-state index < -0.39 is 5.60 Å². The summed E-state index contributed by atoms with van der Waals surface area (Å²) in [6.07, 6.45) is 2.49. The van der Waals surface area contributed by atoms with Gasteiger partial charge in [-0.05, 0) is 26.7 Å². The highest BCUT2D eigenvalue weighted by Gasteiger charge is 2.41. The molecule has 23 heavy (non-hydrogen) atoms. The third kappa shape index (κ3) is 2.35. The molecule has 0 aliphatic carbocycles. The Morgan fingerprint density at radius 2 is 2.35 bits per heavy atom. The number of aromatic amines is 1. The maximum absolute atomic E-state index is 12.8. The first-order chi connectivity index (χ1) is 11.1. The average Bonchev–Trinajstić information content (AvgIpc) is 3.26. The molecule has 2 aromatic rings. The second-order valence-electron chi connectivity index (χ2n) is 6.51. The van der Waals surface area contributed by atoms with E-state index in [-0.39, 0.29) is 5.91 Å². The molecule has 0 spiro atoms. The summed E-state index contributed by atoms with van der Waals surface area (Å²) in [5.41, 5.74) is 2.90. The van der Waals surface area contributed by atoms with Crippen LogP contribution in [0, 0.1) is 6.92 Å². The van der Waals surface area contributed by atoms with Crippen molar-refractivity contribution in [3.63, 3.8) is 0 Å². The largest absolute Gasteiger partial charge is 0.365 e. The molecule has 1 saturated heterocycles. The fourth-order valence-corrected chi connectivity index (χ4v) is 3.44. The number of ether oxygens (including phenoxy) is 1. The van der Waals surface area contributed by atoms with E-state index in [1.165, 1.54) is 0 Å². The van der Waals surface area contributed by atoms with Crippen LogP contribution < -0.4 is 0 Å². The predicted octanol–water partition coefficient (Wildman–Crippen LogP) is 1.83. The SMILES string of the molecule is Cc1cc(-c2n[nH]c3c2CN(C(=O)[C@@]2(C)CCCO2)CC3)no1. The van der Waals surface area contributed by atoms with Gasteiger partial charge in [0.05, 0.1) is 0 Å². The van der Waals surface area contributed by atoms with Gasteiger partial charge < -0.3 is 14.2 Å². The maximum Gasteiger partial charge on any atom is 0.254 e. The molecule has 2 aliphatic rings. The molecule has 122 valence electrons. The molecule has 0 unspecified atom stereocenters. The molecule has 2 aromatic heterocycles. The maximum atomic E-state index is 12.8. The second-order valence-corrected chi connectivity index (χ2v) is 6.51. The number of rotatable bonds is 2. The van der Waals surface area contributed by atoms with Crippen LogP contribution >= 0.6 is 0 Å². The number of H-pyrrole nitrogens is 1. The summed E-state index contributed by atoms with van der Waals surface area (Å²) in [5, 5.41) is 11.5. The van der Waals surface area contributed by atoms with Crippen LogP contribution in [0.3, 0.4) is 0 Å². The topological polar surface area (TPSA) is 84.2 Å². The van der Waals surface area contributed by atoms with E-state index >= 15 is 0 Å². The van der Waals surface area contributed by atoms with Crippen molar-refractivity contribution in [2.75, 3.05) is 13.2 Å². The van der Waals surface area contributed by atoms with Crippen molar-refractivity contribution in [1.29, 1.82) is 0 Å². The van der Waals surface area contributed by atoms with Crippen LogP contribution in [0.5, 0.6) is 0 Å². The Morgan fingerprint density at radius 1 is 1.48 bits per heavy atom. The normalized spacial score (nSPS) is 24.0. The Morgan fingerprint density at radius 3 is 3.04 bits per heavy atom. The molecule has 0 bridgehead atoms. The van der Waals surface area contributed by atoms with Gasteiger partial charge in [0.25, 0.3) is 5.91 Å². The Kier molecular flexibility index (Phi) is 3.26. The number of hydrogen-bond acceptors (Lipinski definition) is 5. The number of nitrogens with one attached hydrogen (secondary N) is 1. The Labute approximate surface area is 134 Å². The third-order valence-corrected chi connectivity index (χ3v) is 4.76. The molecule has 1 fully saturated rings. The first-order valence-electron chi connectivity index (χ1n) is 8.00. The van der Waals surface area contributed by atoms with Gasteiger partial charge in [0.1, 0.15) is 22.7 Å². The number of carbonyl (C=O) groups is 1. The summed E-state index contributed by atoms with van der Waals surface area (Å²) in [7, 11) is 0. The fourth-order valence-electron chi connectivity index (χ4n) is 3.44. The fraction of sp³-hybridized carbons (Fsp3) is 0.562. The molecular weight excluding hydrogens is 296 g/mol. The molecular formula is C16H20N4O3. The van der Waals surface area contributed by atoms with Gasteiger partial charge in [0.15, 0.2) is 0 Å². The van der Waals surface area contributed by atoms with Crippen molar-refractivity contribution in [2.24, 2.45) is 0 Å². The first-order valence-corrected chi connectivity index (χ1v) is 8.00. The monoisotopic (exact) mass is 316 g/mol. The lowest BCUT2D eigenvalue weighted by Crippen LogP contribution is -2.48. The van der Waals surface area contributed by atoms with Gasteiger partial charge in [-0.2, -0.15) is 5.10 Å². The molecule has 7 heteroatoms. The summed E-state index contributed by atoms with van der Waals surface area (Å²) < 4.78 is 10.8. The molecule has 1 amide bonds. The van der Waals surface area contributed by atoms with Crippen LogP contribution in [0.1, 0.15) is 36.8 Å². The molecule has 0 aromatic carbocycles. The molecule has 0 radical (unpaired) electrons. The molecule has 2 aliphatic heterocycles. The van der Waals surface area contributed by atoms with E-state index in [1.54, 1.807) is 0 Å². The molecule has 1 N–H and O–H groups in total. The zero-order valence-electron chi connectivity index (χ0n) is 13.4. The lowest BCUT2D eigenvalue weighted by atomic mass is 9.97. The lowest BCUT2D eigenvalue weighted by Gasteiger charge is -2.33. The van der Waals surface area contributed by atoms with Gasteiger partial charge in [-0.25, -0.2) is 0 Å². The van der Waals surface area contributed by atoms with Gasteiger partial charge in [-0.1, -0.05) is 5.16 Å². The Hall–Kier alpha value is -2.15. The minimum Gasteiger partial charge on any atom is -0.365 e. The number of aryl methyl sites for hydroxylation is 1. The van der Waals surface area contributed by atoms with Gasteiger partial charge in [-0.15, -0.1) is 0 Å². The van der Waals surface area contributed by atoms with Gasteiger partial charge in [0.2, 0.25) is 0 Å². The number of carbonyl (C=O) groups excluding carboxylic acids is 1. The summed E-state index contributed by atoms with van der Waals surface area (Å²) in [4.78, 5) is 14.7. The molecule has 4 rings (SSSR count). The van der Waals surface area contributed by atoms with Crippen LogP contribution in [0.2, 0.25) is 0 Å². The molecule has 7 nitrogen and oxygen atoms in total. The standard InChI is InChI=1S/C16H20N4O3/c1-10-8-13(19-23-10)14-11-9-20(6-4-12(11)17-18-14)15(21)16(2)5-3-7-22-16/h8H,3-7,9H2,1-2H3,(H,17,18)/t16-/m1/s1. The minimum absolute atomic E-state index is 0.0733. The Balaban J connectivity index is 1.61. The Bertz CT molecular complexity index is 742. The van der Waals surface area contributed by atoms with E-state index in [2.05, 4.69) is 15.4 Å². The number of aromatic nitrogens is 3. The molecule has 0 saturated carbocycles. The second kappa shape index (κ2) is 5.19. The van der Waals surface area contributed by atoms with Crippen molar-refractivity contribution >= 4 is 5.91 Å². The minimum atomic E-state index is -0.675. The zero-order chi connectivity index (χ0) is 16.0. The summed E-state index contributed by atoms with van der Waals surface area (Å²) in [5.74, 6) is 0.816. The van der Waals surface area contributed by atoms with Gasteiger partial charge in [0, 0.05) is 43.4 Å². The average molecular weight is 316 g/mol. The number of nitrogens with zero attached hydrogens (tertiary/aromatic N) is 3. The van der Waals surface area contributed by atoms with E-state index in [0.29, 0.717) is 25.4 Å². The van der Waals surface area contributed by atoms with Crippen molar-refractivity contribution in [3.05, 3.63) is 23.1 Å². The highest BCUT2D eigenvalue weighted by Crippen LogP contribution is 2.32. The predicted molar refractivity (Wildman–Crippen MR) is 81.5 cm³/mol. The zero-order valence-corrected chi connectivity index (χ0v) is 13.4. The van der Waals surface area contributed by atoms with Crippen LogP contribution in [0.4, 0.5) is 0 Å². The lowest BCUT2D eigenvalue weighted by molar-refractivity contribution is -0.152. The van der Waals surface area contributed by atoms with Crippen molar-refractivity contribution in [2.45, 2.75) is 45.3 Å². The highest BCUT2D eigenvalue weighted by atomic mass is 16.5.